The highest BCUT2D eigenvalue weighted by molar-refractivity contribution is 5.86. The van der Waals surface area contributed by atoms with Crippen molar-refractivity contribution in [2.45, 2.75) is 47.2 Å². The van der Waals surface area contributed by atoms with E-state index in [1.165, 1.54) is 0 Å². The van der Waals surface area contributed by atoms with Gasteiger partial charge in [0.2, 0.25) is 0 Å². The fourth-order valence-corrected chi connectivity index (χ4v) is 3.14. The Hall–Kier alpha value is -3.40. The molecular formula is C27H34N4. The first-order valence-corrected chi connectivity index (χ1v) is 10.5. The lowest BCUT2D eigenvalue weighted by Crippen LogP contribution is -2.16. The summed E-state index contributed by atoms with van der Waals surface area (Å²) in [6.07, 6.45) is 7.52. The molecule has 0 saturated carbocycles. The summed E-state index contributed by atoms with van der Waals surface area (Å²) in [4.78, 5) is 9.58. The standard InChI is InChI=1S/C27H34N4/c1-9-11-15-23(20(7)10-2)24-16-25(28-17-22-14-12-13-21(8)30-22)27(29-19(5)6)26(31-24)18(3)4/h9-16,19,29H,1-3,17H2,4-8H3,(H,28,31)/b15-11-,23-20-. The Bertz CT molecular complexity index is 1030. The van der Waals surface area contributed by atoms with E-state index in [0.717, 1.165) is 50.9 Å². The van der Waals surface area contributed by atoms with Gasteiger partial charge in [0.25, 0.3) is 0 Å². The Morgan fingerprint density at radius 3 is 2.48 bits per heavy atom. The van der Waals surface area contributed by atoms with Gasteiger partial charge in [0, 0.05) is 17.3 Å². The molecule has 0 fully saturated rings. The average molecular weight is 415 g/mol. The maximum absolute atomic E-state index is 4.97. The van der Waals surface area contributed by atoms with Crippen molar-refractivity contribution in [1.82, 2.24) is 9.97 Å². The Kier molecular flexibility index (Phi) is 8.56. The van der Waals surface area contributed by atoms with Crippen LogP contribution in [0, 0.1) is 6.92 Å². The van der Waals surface area contributed by atoms with E-state index in [4.69, 9.17) is 4.98 Å². The van der Waals surface area contributed by atoms with Gasteiger partial charge in [-0.3, -0.25) is 4.98 Å². The summed E-state index contributed by atoms with van der Waals surface area (Å²) < 4.78 is 0. The van der Waals surface area contributed by atoms with E-state index >= 15 is 0 Å². The number of hydrogen-bond acceptors (Lipinski definition) is 4. The Balaban J connectivity index is 2.65. The lowest BCUT2D eigenvalue weighted by Gasteiger charge is -2.21. The smallest absolute Gasteiger partial charge is 0.0913 e. The molecule has 4 nitrogen and oxygen atoms in total. The monoisotopic (exact) mass is 414 g/mol. The zero-order chi connectivity index (χ0) is 23.0. The van der Waals surface area contributed by atoms with E-state index in [1.54, 1.807) is 6.08 Å². The summed E-state index contributed by atoms with van der Waals surface area (Å²) in [7, 11) is 0. The van der Waals surface area contributed by atoms with Crippen LogP contribution in [0.15, 0.2) is 73.9 Å². The van der Waals surface area contributed by atoms with Gasteiger partial charge < -0.3 is 10.6 Å². The summed E-state index contributed by atoms with van der Waals surface area (Å²) in [5.41, 5.74) is 8.50. The quantitative estimate of drug-likeness (QED) is 0.413. The summed E-state index contributed by atoms with van der Waals surface area (Å²) in [6.45, 7) is 22.8. The fraction of sp³-hybridized carbons (Fsp3) is 0.259. The van der Waals surface area contributed by atoms with E-state index in [0.29, 0.717) is 6.54 Å². The zero-order valence-electron chi connectivity index (χ0n) is 19.4. The molecule has 31 heavy (non-hydrogen) atoms. The third-order valence-electron chi connectivity index (χ3n) is 4.67. The van der Waals surface area contributed by atoms with Crippen LogP contribution in [-0.2, 0) is 6.54 Å². The maximum atomic E-state index is 4.97. The van der Waals surface area contributed by atoms with Crippen molar-refractivity contribution in [1.29, 1.82) is 0 Å². The third kappa shape index (κ3) is 6.54. The molecule has 2 aromatic rings. The van der Waals surface area contributed by atoms with Gasteiger partial charge in [0.1, 0.15) is 0 Å². The van der Waals surface area contributed by atoms with Crippen molar-refractivity contribution >= 4 is 22.5 Å². The molecule has 162 valence electrons. The van der Waals surface area contributed by atoms with Crippen molar-refractivity contribution < 1.29 is 0 Å². The predicted octanol–water partition coefficient (Wildman–Crippen LogP) is 6.95. The van der Waals surface area contributed by atoms with E-state index in [-0.39, 0.29) is 6.04 Å². The number of aromatic nitrogens is 2. The second kappa shape index (κ2) is 11.1. The number of rotatable bonds is 10. The third-order valence-corrected chi connectivity index (χ3v) is 4.67. The van der Waals surface area contributed by atoms with Crippen molar-refractivity contribution in [3.8, 4) is 0 Å². The van der Waals surface area contributed by atoms with Crippen LogP contribution in [0.2, 0.25) is 0 Å². The van der Waals surface area contributed by atoms with Crippen LogP contribution >= 0.6 is 0 Å². The van der Waals surface area contributed by atoms with Crippen molar-refractivity contribution in [3.05, 3.63) is 96.7 Å². The highest BCUT2D eigenvalue weighted by Gasteiger charge is 2.16. The molecule has 0 aliphatic heterocycles. The first-order valence-electron chi connectivity index (χ1n) is 10.5. The zero-order valence-corrected chi connectivity index (χ0v) is 19.4. The minimum absolute atomic E-state index is 0.244. The topological polar surface area (TPSA) is 49.8 Å². The average Bonchev–Trinajstić information content (AvgIpc) is 2.72. The lowest BCUT2D eigenvalue weighted by atomic mass is 10.0. The van der Waals surface area contributed by atoms with Gasteiger partial charge in [-0.2, -0.15) is 0 Å². The molecule has 0 saturated heterocycles. The minimum atomic E-state index is 0.244. The largest absolute Gasteiger partial charge is 0.379 e. The van der Waals surface area contributed by atoms with Crippen LogP contribution < -0.4 is 10.6 Å². The van der Waals surface area contributed by atoms with Gasteiger partial charge in [-0.05, 0) is 64.0 Å². The summed E-state index contributed by atoms with van der Waals surface area (Å²) in [5, 5.41) is 7.11. The van der Waals surface area contributed by atoms with E-state index < -0.39 is 0 Å². The molecule has 0 atom stereocenters. The lowest BCUT2D eigenvalue weighted by molar-refractivity contribution is 0.894. The van der Waals surface area contributed by atoms with Crippen LogP contribution in [0.25, 0.3) is 11.1 Å². The van der Waals surface area contributed by atoms with Crippen LogP contribution in [-0.4, -0.2) is 16.0 Å². The van der Waals surface area contributed by atoms with E-state index in [1.807, 2.05) is 57.2 Å². The van der Waals surface area contributed by atoms with Crippen molar-refractivity contribution in [2.24, 2.45) is 0 Å². The molecule has 2 N–H and O–H groups in total. The van der Waals surface area contributed by atoms with Gasteiger partial charge in [-0.25, -0.2) is 4.98 Å². The molecule has 0 aliphatic carbocycles. The molecule has 0 radical (unpaired) electrons. The molecule has 0 spiro atoms. The Morgan fingerprint density at radius 1 is 1.16 bits per heavy atom. The molecule has 2 aromatic heterocycles. The van der Waals surface area contributed by atoms with Gasteiger partial charge in [-0.15, -0.1) is 0 Å². The van der Waals surface area contributed by atoms with Crippen molar-refractivity contribution in [2.75, 3.05) is 10.6 Å². The number of nitrogens with zero attached hydrogens (tertiary/aromatic N) is 2. The van der Waals surface area contributed by atoms with Crippen molar-refractivity contribution in [3.63, 3.8) is 0 Å². The van der Waals surface area contributed by atoms with Gasteiger partial charge in [0.05, 0.1) is 35.0 Å². The molecule has 0 bridgehead atoms. The summed E-state index contributed by atoms with van der Waals surface area (Å²) in [6, 6.07) is 8.37. The molecule has 0 amide bonds. The molecule has 2 heterocycles. The Labute approximate surface area is 187 Å². The summed E-state index contributed by atoms with van der Waals surface area (Å²) in [5.74, 6) is 0. The molecule has 0 aliphatic rings. The van der Waals surface area contributed by atoms with Crippen LogP contribution in [0.5, 0.6) is 0 Å². The van der Waals surface area contributed by atoms with E-state index in [9.17, 15) is 0 Å². The predicted molar refractivity (Wildman–Crippen MR) is 136 cm³/mol. The van der Waals surface area contributed by atoms with Gasteiger partial charge >= 0.3 is 0 Å². The Morgan fingerprint density at radius 2 is 1.90 bits per heavy atom. The minimum Gasteiger partial charge on any atom is -0.379 e. The number of anilines is 2. The highest BCUT2D eigenvalue weighted by Crippen LogP contribution is 2.34. The molecule has 2 rings (SSSR count). The van der Waals surface area contributed by atoms with Crippen LogP contribution in [0.4, 0.5) is 11.4 Å². The second-order valence-corrected chi connectivity index (χ2v) is 7.88. The number of pyridine rings is 2. The summed E-state index contributed by atoms with van der Waals surface area (Å²) >= 11 is 0. The fourth-order valence-electron chi connectivity index (χ4n) is 3.14. The SMILES string of the molecule is C=C/C=C\C(=C(/C)C=C)c1cc(NCc2cccc(C)n2)c(NC(C)C)c(C(=C)C)n1. The first kappa shape index (κ1) is 23.9. The highest BCUT2D eigenvalue weighted by atomic mass is 15.0. The number of nitrogens with one attached hydrogen (secondary N) is 2. The second-order valence-electron chi connectivity index (χ2n) is 7.88. The molecular weight excluding hydrogens is 380 g/mol. The van der Waals surface area contributed by atoms with Crippen LogP contribution in [0.1, 0.15) is 50.5 Å². The maximum Gasteiger partial charge on any atom is 0.0913 e. The molecule has 0 aromatic carbocycles. The van der Waals surface area contributed by atoms with Crippen LogP contribution in [0.3, 0.4) is 0 Å². The molecule has 0 unspecified atom stereocenters. The van der Waals surface area contributed by atoms with E-state index in [2.05, 4.69) is 55.3 Å². The van der Waals surface area contributed by atoms with Gasteiger partial charge in [0.15, 0.2) is 0 Å². The first-order chi connectivity index (χ1) is 14.8. The number of aryl methyl sites for hydroxylation is 1. The number of hydrogen-bond donors (Lipinski definition) is 2. The molecule has 4 heteroatoms. The van der Waals surface area contributed by atoms with Gasteiger partial charge in [-0.1, -0.05) is 50.1 Å². The number of allylic oxidation sites excluding steroid dienone is 7. The normalized spacial score (nSPS) is 11.9.